The molecule has 0 aliphatic heterocycles. The Morgan fingerprint density at radius 1 is 1.21 bits per heavy atom. The zero-order valence-electron chi connectivity index (χ0n) is 15.1. The molecular formula is C21H17Cl2N3O2. The fraction of sp³-hybridized carbons (Fsp3) is 0.190. The van der Waals surface area contributed by atoms with Crippen LogP contribution in [0.1, 0.15) is 28.9 Å². The molecule has 3 aromatic rings. The summed E-state index contributed by atoms with van der Waals surface area (Å²) in [6.45, 7) is 1.80. The molecule has 1 N–H and O–H groups in total. The molecule has 0 bridgehead atoms. The molecule has 0 amide bonds. The first-order chi connectivity index (χ1) is 13.5. The molecule has 2 heterocycles. The number of benzene rings is 1. The first-order valence-corrected chi connectivity index (χ1v) is 9.43. The number of rotatable bonds is 6. The Balaban J connectivity index is 1.90. The summed E-state index contributed by atoms with van der Waals surface area (Å²) in [4.78, 5) is 19.2. The van der Waals surface area contributed by atoms with Crippen LogP contribution in [0.15, 0.2) is 47.4 Å². The van der Waals surface area contributed by atoms with Crippen LogP contribution >= 0.6 is 23.2 Å². The number of nitriles is 1. The number of aryl methyl sites for hydroxylation is 2. The van der Waals surface area contributed by atoms with Crippen molar-refractivity contribution in [2.75, 3.05) is 0 Å². The Hall–Kier alpha value is -2.81. The summed E-state index contributed by atoms with van der Waals surface area (Å²) in [7, 11) is 0. The number of hydrogen-bond acceptors (Lipinski definition) is 4. The Kier molecular flexibility index (Phi) is 6.35. The quantitative estimate of drug-likeness (QED) is 0.600. The van der Waals surface area contributed by atoms with Crippen molar-refractivity contribution in [1.29, 1.82) is 5.26 Å². The summed E-state index contributed by atoms with van der Waals surface area (Å²) in [6.07, 6.45) is 3.99. The number of halogens is 2. The van der Waals surface area contributed by atoms with Gasteiger partial charge in [-0.05, 0) is 56.5 Å². The van der Waals surface area contributed by atoms with Crippen LogP contribution in [0.25, 0.3) is 0 Å². The summed E-state index contributed by atoms with van der Waals surface area (Å²) in [5.41, 5.74) is 2.42. The molecule has 0 aliphatic carbocycles. The normalized spacial score (nSPS) is 10.5. The third kappa shape index (κ3) is 4.72. The summed E-state index contributed by atoms with van der Waals surface area (Å²) in [5.74, 6) is 0.636. The number of aromatic amines is 1. The minimum Gasteiger partial charge on any atom is -0.455 e. The number of nitrogens with one attached hydrogen (secondary N) is 1. The average molecular weight is 414 g/mol. The van der Waals surface area contributed by atoms with E-state index in [1.807, 2.05) is 24.3 Å². The molecule has 0 saturated heterocycles. The van der Waals surface area contributed by atoms with Gasteiger partial charge in [0.25, 0.3) is 5.56 Å². The van der Waals surface area contributed by atoms with E-state index in [0.29, 0.717) is 28.5 Å². The number of ether oxygens (including phenoxy) is 1. The Morgan fingerprint density at radius 2 is 2.04 bits per heavy atom. The van der Waals surface area contributed by atoms with Gasteiger partial charge in [0.05, 0.1) is 11.6 Å². The first kappa shape index (κ1) is 19.9. The van der Waals surface area contributed by atoms with Crippen LogP contribution in [0.3, 0.4) is 0 Å². The zero-order valence-corrected chi connectivity index (χ0v) is 16.6. The monoisotopic (exact) mass is 413 g/mol. The zero-order chi connectivity index (χ0) is 20.1. The van der Waals surface area contributed by atoms with Crippen molar-refractivity contribution in [3.8, 4) is 17.6 Å². The van der Waals surface area contributed by atoms with Gasteiger partial charge >= 0.3 is 0 Å². The van der Waals surface area contributed by atoms with Gasteiger partial charge in [-0.25, -0.2) is 0 Å². The summed E-state index contributed by atoms with van der Waals surface area (Å²) in [6, 6.07) is 12.5. The molecule has 0 spiro atoms. The highest BCUT2D eigenvalue weighted by molar-refractivity contribution is 6.32. The first-order valence-electron chi connectivity index (χ1n) is 8.67. The Labute approximate surface area is 172 Å². The van der Waals surface area contributed by atoms with Crippen LogP contribution in [-0.4, -0.2) is 9.97 Å². The van der Waals surface area contributed by atoms with E-state index in [-0.39, 0.29) is 10.8 Å². The van der Waals surface area contributed by atoms with E-state index in [4.69, 9.17) is 33.2 Å². The molecule has 0 fully saturated rings. The van der Waals surface area contributed by atoms with E-state index in [1.165, 1.54) is 6.07 Å². The van der Waals surface area contributed by atoms with E-state index in [9.17, 15) is 4.79 Å². The second kappa shape index (κ2) is 8.92. The molecule has 7 heteroatoms. The van der Waals surface area contributed by atoms with Crippen LogP contribution in [-0.2, 0) is 12.8 Å². The molecular weight excluding hydrogens is 397 g/mol. The van der Waals surface area contributed by atoms with E-state index in [1.54, 1.807) is 25.3 Å². The predicted molar refractivity (Wildman–Crippen MR) is 109 cm³/mol. The van der Waals surface area contributed by atoms with Crippen LogP contribution in [0.4, 0.5) is 0 Å². The van der Waals surface area contributed by atoms with Gasteiger partial charge in [-0.15, -0.1) is 0 Å². The van der Waals surface area contributed by atoms with Crippen molar-refractivity contribution in [3.05, 3.63) is 85.5 Å². The lowest BCUT2D eigenvalue weighted by atomic mass is 10.0. The molecule has 1 aromatic carbocycles. The van der Waals surface area contributed by atoms with Crippen molar-refractivity contribution in [2.45, 2.75) is 26.2 Å². The summed E-state index contributed by atoms with van der Waals surface area (Å²) in [5, 5.41) is 9.46. The number of hydrogen-bond donors (Lipinski definition) is 1. The number of aromatic nitrogens is 2. The van der Waals surface area contributed by atoms with E-state index < -0.39 is 5.56 Å². The van der Waals surface area contributed by atoms with Gasteiger partial charge in [-0.3, -0.25) is 9.78 Å². The highest BCUT2D eigenvalue weighted by Crippen LogP contribution is 2.34. The van der Waals surface area contributed by atoms with Crippen LogP contribution in [0.5, 0.6) is 11.5 Å². The van der Waals surface area contributed by atoms with Gasteiger partial charge in [0, 0.05) is 28.2 Å². The highest BCUT2D eigenvalue weighted by Gasteiger charge is 2.17. The fourth-order valence-corrected chi connectivity index (χ4v) is 3.34. The van der Waals surface area contributed by atoms with Gasteiger partial charge in [0.15, 0.2) is 5.75 Å². The maximum Gasteiger partial charge on any atom is 0.270 e. The van der Waals surface area contributed by atoms with Crippen LogP contribution in [0.2, 0.25) is 10.0 Å². The van der Waals surface area contributed by atoms with E-state index in [0.717, 1.165) is 24.1 Å². The molecule has 0 radical (unpaired) electrons. The van der Waals surface area contributed by atoms with Gasteiger partial charge in [0.1, 0.15) is 10.8 Å². The third-order valence-corrected chi connectivity index (χ3v) is 4.79. The summed E-state index contributed by atoms with van der Waals surface area (Å²) >= 11 is 12.3. The fourth-order valence-electron chi connectivity index (χ4n) is 2.91. The van der Waals surface area contributed by atoms with Gasteiger partial charge < -0.3 is 9.72 Å². The molecule has 0 aliphatic rings. The minimum atomic E-state index is -0.426. The summed E-state index contributed by atoms with van der Waals surface area (Å²) < 4.78 is 5.92. The van der Waals surface area contributed by atoms with Crippen molar-refractivity contribution in [1.82, 2.24) is 9.97 Å². The molecule has 5 nitrogen and oxygen atoms in total. The van der Waals surface area contributed by atoms with Crippen molar-refractivity contribution >= 4 is 23.2 Å². The maximum atomic E-state index is 12.1. The lowest BCUT2D eigenvalue weighted by Crippen LogP contribution is -2.13. The predicted octanol–water partition coefficient (Wildman–Crippen LogP) is 5.22. The standard InChI is InChI=1S/C21H17Cl2N3O2/c1-13-18(7-4-6-16-5-2-3-8-25-16)20(19(23)21(27)26-13)28-17-10-14(12-24)9-15(22)11-17/h2-3,5,8-11H,4,6-7H2,1H3,(H,26,27). The van der Waals surface area contributed by atoms with Gasteiger partial charge in [-0.1, -0.05) is 29.3 Å². The number of pyridine rings is 2. The SMILES string of the molecule is Cc1[nH]c(=O)c(Cl)c(Oc2cc(Cl)cc(C#N)c2)c1CCCc1ccccn1. The Bertz CT molecular complexity index is 1090. The molecule has 0 atom stereocenters. The number of H-pyrrole nitrogens is 1. The van der Waals surface area contributed by atoms with Crippen molar-refractivity contribution in [3.63, 3.8) is 0 Å². The van der Waals surface area contributed by atoms with Crippen molar-refractivity contribution in [2.24, 2.45) is 0 Å². The lowest BCUT2D eigenvalue weighted by molar-refractivity contribution is 0.472. The van der Waals surface area contributed by atoms with Crippen LogP contribution in [0, 0.1) is 18.3 Å². The molecule has 0 saturated carbocycles. The van der Waals surface area contributed by atoms with E-state index >= 15 is 0 Å². The lowest BCUT2D eigenvalue weighted by Gasteiger charge is -2.15. The molecule has 2 aromatic heterocycles. The minimum absolute atomic E-state index is 0.0306. The molecule has 142 valence electrons. The third-order valence-electron chi connectivity index (χ3n) is 4.23. The smallest absolute Gasteiger partial charge is 0.270 e. The highest BCUT2D eigenvalue weighted by atomic mass is 35.5. The Morgan fingerprint density at radius 3 is 2.75 bits per heavy atom. The van der Waals surface area contributed by atoms with E-state index in [2.05, 4.69) is 9.97 Å². The van der Waals surface area contributed by atoms with Gasteiger partial charge in [0.2, 0.25) is 0 Å². The topological polar surface area (TPSA) is 78.8 Å². The van der Waals surface area contributed by atoms with Crippen molar-refractivity contribution < 1.29 is 4.74 Å². The van der Waals surface area contributed by atoms with Crippen LogP contribution < -0.4 is 10.3 Å². The largest absolute Gasteiger partial charge is 0.455 e. The molecule has 0 unspecified atom stereocenters. The second-order valence-electron chi connectivity index (χ2n) is 6.26. The molecule has 3 rings (SSSR count). The molecule has 28 heavy (non-hydrogen) atoms. The maximum absolute atomic E-state index is 12.1. The number of nitrogens with zero attached hydrogens (tertiary/aromatic N) is 2. The average Bonchev–Trinajstić information content (AvgIpc) is 2.68. The van der Waals surface area contributed by atoms with Gasteiger partial charge in [-0.2, -0.15) is 5.26 Å². The second-order valence-corrected chi connectivity index (χ2v) is 7.08.